The molecule has 0 aromatic rings. The number of rotatable bonds is 4. The fourth-order valence-corrected chi connectivity index (χ4v) is 1.01. The molecule has 0 bridgehead atoms. The second-order valence-electron chi connectivity index (χ2n) is 4.19. The Morgan fingerprint density at radius 3 is 2.50 bits per heavy atom. The summed E-state index contributed by atoms with van der Waals surface area (Å²) in [5.74, 6) is 0. The van der Waals surface area contributed by atoms with Gasteiger partial charge < -0.3 is 15.2 Å². The number of aliphatic hydroxyl groups is 1. The lowest BCUT2D eigenvalue weighted by molar-refractivity contribution is -0.126. The molecular formula is C9H19NO2. The number of hydrogen-bond donors (Lipinski definition) is 2. The Kier molecular flexibility index (Phi) is 2.76. The van der Waals surface area contributed by atoms with E-state index in [9.17, 15) is 5.11 Å². The minimum Gasteiger partial charge on any atom is -0.388 e. The maximum atomic E-state index is 9.66. The summed E-state index contributed by atoms with van der Waals surface area (Å²) < 4.78 is 5.61. The number of hydrogen-bond acceptors (Lipinski definition) is 3. The molecule has 0 aliphatic carbocycles. The number of nitrogens with one attached hydrogen (secondary N) is 1. The van der Waals surface area contributed by atoms with Crippen LogP contribution < -0.4 is 5.32 Å². The Morgan fingerprint density at radius 1 is 1.58 bits per heavy atom. The highest BCUT2D eigenvalue weighted by atomic mass is 16.5. The summed E-state index contributed by atoms with van der Waals surface area (Å²) in [6.07, 6.45) is 0.733. The van der Waals surface area contributed by atoms with Crippen LogP contribution in [0.3, 0.4) is 0 Å². The van der Waals surface area contributed by atoms with Crippen LogP contribution in [0.15, 0.2) is 0 Å². The van der Waals surface area contributed by atoms with Crippen LogP contribution in [-0.2, 0) is 4.74 Å². The lowest BCUT2D eigenvalue weighted by Crippen LogP contribution is -2.60. The summed E-state index contributed by atoms with van der Waals surface area (Å²) in [6.45, 7) is 8.06. The first-order valence-corrected chi connectivity index (χ1v) is 4.54. The summed E-state index contributed by atoms with van der Waals surface area (Å²) in [6, 6.07) is 0. The zero-order valence-electron chi connectivity index (χ0n) is 8.18. The molecule has 1 fully saturated rings. The van der Waals surface area contributed by atoms with Crippen LogP contribution in [-0.4, -0.2) is 36.0 Å². The quantitative estimate of drug-likeness (QED) is 0.651. The van der Waals surface area contributed by atoms with Gasteiger partial charge in [-0.3, -0.25) is 0 Å². The Bertz CT molecular complexity index is 141. The van der Waals surface area contributed by atoms with Gasteiger partial charge >= 0.3 is 0 Å². The lowest BCUT2D eigenvalue weighted by Gasteiger charge is -2.40. The van der Waals surface area contributed by atoms with E-state index in [1.54, 1.807) is 0 Å². The number of ether oxygens (including phenoxy) is 1. The van der Waals surface area contributed by atoms with E-state index in [0.717, 1.165) is 19.5 Å². The van der Waals surface area contributed by atoms with Gasteiger partial charge in [-0.25, -0.2) is 0 Å². The highest BCUT2D eigenvalue weighted by molar-refractivity contribution is 4.91. The van der Waals surface area contributed by atoms with Crippen LogP contribution in [0, 0.1) is 0 Å². The molecule has 1 unspecified atom stereocenters. The zero-order valence-corrected chi connectivity index (χ0v) is 8.18. The summed E-state index contributed by atoms with van der Waals surface area (Å²) >= 11 is 0. The summed E-state index contributed by atoms with van der Waals surface area (Å²) in [5.41, 5.74) is -0.711. The van der Waals surface area contributed by atoms with Gasteiger partial charge in [-0.2, -0.15) is 0 Å². The van der Waals surface area contributed by atoms with Crippen LogP contribution >= 0.6 is 0 Å². The van der Waals surface area contributed by atoms with Crippen molar-refractivity contribution in [3.8, 4) is 0 Å². The van der Waals surface area contributed by atoms with E-state index in [4.69, 9.17) is 4.74 Å². The molecule has 1 aliphatic rings. The first kappa shape index (κ1) is 9.96. The second-order valence-corrected chi connectivity index (χ2v) is 4.19. The topological polar surface area (TPSA) is 41.5 Å². The Balaban J connectivity index is 2.24. The van der Waals surface area contributed by atoms with E-state index >= 15 is 0 Å². The van der Waals surface area contributed by atoms with Crippen LogP contribution in [0.25, 0.3) is 0 Å². The van der Waals surface area contributed by atoms with E-state index < -0.39 is 5.60 Å². The third-order valence-electron chi connectivity index (χ3n) is 2.49. The van der Waals surface area contributed by atoms with Crippen molar-refractivity contribution < 1.29 is 9.84 Å². The molecule has 72 valence electrons. The van der Waals surface area contributed by atoms with E-state index in [2.05, 4.69) is 12.2 Å². The minimum atomic E-state index is -0.668. The molecule has 3 nitrogen and oxygen atoms in total. The van der Waals surface area contributed by atoms with Crippen molar-refractivity contribution in [2.24, 2.45) is 0 Å². The Hall–Kier alpha value is -0.120. The van der Waals surface area contributed by atoms with E-state index in [1.807, 2.05) is 13.8 Å². The van der Waals surface area contributed by atoms with Gasteiger partial charge in [-0.15, -0.1) is 0 Å². The lowest BCUT2D eigenvalue weighted by atomic mass is 9.99. The average Bonchev–Trinajstić information content (AvgIpc) is 1.98. The van der Waals surface area contributed by atoms with Crippen molar-refractivity contribution >= 4 is 0 Å². The summed E-state index contributed by atoms with van der Waals surface area (Å²) in [7, 11) is 0. The van der Waals surface area contributed by atoms with Crippen molar-refractivity contribution in [3.05, 3.63) is 0 Å². The Morgan fingerprint density at radius 2 is 2.17 bits per heavy atom. The average molecular weight is 173 g/mol. The van der Waals surface area contributed by atoms with Crippen LogP contribution in [0.2, 0.25) is 0 Å². The largest absolute Gasteiger partial charge is 0.388 e. The molecule has 1 atom stereocenters. The summed E-state index contributed by atoms with van der Waals surface area (Å²) in [5, 5.41) is 12.8. The van der Waals surface area contributed by atoms with E-state index in [-0.39, 0.29) is 5.60 Å². The molecule has 1 rings (SSSR count). The van der Waals surface area contributed by atoms with Crippen LogP contribution in [0.5, 0.6) is 0 Å². The second kappa shape index (κ2) is 3.32. The monoisotopic (exact) mass is 173 g/mol. The van der Waals surface area contributed by atoms with Crippen LogP contribution in [0.1, 0.15) is 27.2 Å². The molecule has 0 saturated carbocycles. The molecule has 0 aromatic heterocycles. The molecule has 2 N–H and O–H groups in total. The maximum Gasteiger partial charge on any atom is 0.0903 e. The predicted molar refractivity (Wildman–Crippen MR) is 48.1 cm³/mol. The van der Waals surface area contributed by atoms with Crippen LogP contribution in [0.4, 0.5) is 0 Å². The first-order chi connectivity index (χ1) is 5.47. The summed E-state index contributed by atoms with van der Waals surface area (Å²) in [4.78, 5) is 0. The third-order valence-corrected chi connectivity index (χ3v) is 2.49. The van der Waals surface area contributed by atoms with E-state index in [0.29, 0.717) is 6.61 Å². The normalized spacial score (nSPS) is 26.0. The standard InChI is InChI=1S/C9H19NO2/c1-4-8(2,11)7-12-9(3)5-10-6-9/h10-11H,4-7H2,1-3H3. The van der Waals surface area contributed by atoms with Gasteiger partial charge in [-0.1, -0.05) is 6.92 Å². The molecule has 1 aliphatic heterocycles. The first-order valence-electron chi connectivity index (χ1n) is 4.54. The van der Waals surface area contributed by atoms with Crippen molar-refractivity contribution in [1.29, 1.82) is 0 Å². The molecule has 0 radical (unpaired) electrons. The molecule has 0 aromatic carbocycles. The van der Waals surface area contributed by atoms with Crippen molar-refractivity contribution in [2.75, 3.05) is 19.7 Å². The van der Waals surface area contributed by atoms with Crippen molar-refractivity contribution in [1.82, 2.24) is 5.32 Å². The predicted octanol–water partition coefficient (Wildman–Crippen LogP) is 0.526. The smallest absolute Gasteiger partial charge is 0.0903 e. The highest BCUT2D eigenvalue weighted by Crippen LogP contribution is 2.19. The van der Waals surface area contributed by atoms with Gasteiger partial charge in [0.05, 0.1) is 17.8 Å². The molecule has 3 heteroatoms. The van der Waals surface area contributed by atoms with Crippen molar-refractivity contribution in [3.63, 3.8) is 0 Å². The van der Waals surface area contributed by atoms with Crippen molar-refractivity contribution in [2.45, 2.75) is 38.4 Å². The maximum absolute atomic E-state index is 9.66. The third kappa shape index (κ3) is 2.44. The molecule has 1 saturated heterocycles. The zero-order chi connectivity index (χ0) is 9.24. The molecule has 0 amide bonds. The minimum absolute atomic E-state index is 0.0425. The van der Waals surface area contributed by atoms with Gasteiger partial charge in [0.25, 0.3) is 0 Å². The van der Waals surface area contributed by atoms with E-state index in [1.165, 1.54) is 0 Å². The Labute approximate surface area is 74.1 Å². The van der Waals surface area contributed by atoms with Gasteiger partial charge in [0.1, 0.15) is 0 Å². The molecule has 1 heterocycles. The SMILES string of the molecule is CCC(C)(O)COC1(C)CNC1. The van der Waals surface area contributed by atoms with Gasteiger partial charge in [-0.05, 0) is 20.3 Å². The van der Waals surface area contributed by atoms with Gasteiger partial charge in [0.15, 0.2) is 0 Å². The molecular weight excluding hydrogens is 154 g/mol. The van der Waals surface area contributed by atoms with Gasteiger partial charge in [0, 0.05) is 13.1 Å². The highest BCUT2D eigenvalue weighted by Gasteiger charge is 2.34. The molecule has 12 heavy (non-hydrogen) atoms. The fraction of sp³-hybridized carbons (Fsp3) is 1.00. The van der Waals surface area contributed by atoms with Gasteiger partial charge in [0.2, 0.25) is 0 Å². The molecule has 0 spiro atoms. The fourth-order valence-electron chi connectivity index (χ4n) is 1.01.